The molecule has 100 valence electrons. The molecule has 1 aromatic carbocycles. The molecule has 4 heteroatoms. The number of benzene rings is 1. The van der Waals surface area contributed by atoms with Gasteiger partial charge in [0.05, 0.1) is 5.52 Å². The Labute approximate surface area is 116 Å². The molecule has 3 rings (SSSR count). The highest BCUT2D eigenvalue weighted by Crippen LogP contribution is 2.28. The Morgan fingerprint density at radius 1 is 1.05 bits per heavy atom. The molecule has 20 heavy (non-hydrogen) atoms. The second-order valence-corrected chi connectivity index (χ2v) is 4.86. The largest absolute Gasteiger partial charge is 0.408 e. The lowest BCUT2D eigenvalue weighted by Crippen LogP contribution is -2.03. The maximum Gasteiger partial charge on any atom is 0.309 e. The average Bonchev–Trinajstić information content (AvgIpc) is 2.38. The standard InChI is InChI=1S/C16H14N2O2/c1-9-6-7-17-15-12(9)4-5-13-10(2)8-14(18-16(13)15)20-11(3)19/h4-8H,1-3H3. The number of hydrogen-bond donors (Lipinski definition) is 0. The summed E-state index contributed by atoms with van der Waals surface area (Å²) in [5.74, 6) is -0.0565. The third-order valence-electron chi connectivity index (χ3n) is 3.34. The highest BCUT2D eigenvalue weighted by atomic mass is 16.5. The molecular weight excluding hydrogens is 252 g/mol. The summed E-state index contributed by atoms with van der Waals surface area (Å²) >= 11 is 0. The number of carbonyl (C=O) groups excluding carboxylic acids is 1. The molecular formula is C16H14N2O2. The van der Waals surface area contributed by atoms with Crippen LogP contribution in [0, 0.1) is 13.8 Å². The first-order valence-corrected chi connectivity index (χ1v) is 6.40. The predicted molar refractivity (Wildman–Crippen MR) is 77.8 cm³/mol. The van der Waals surface area contributed by atoms with Crippen LogP contribution < -0.4 is 4.74 Å². The Bertz CT molecular complexity index is 841. The average molecular weight is 266 g/mol. The fourth-order valence-corrected chi connectivity index (χ4v) is 2.38. The van der Waals surface area contributed by atoms with Crippen LogP contribution in [-0.4, -0.2) is 15.9 Å². The fraction of sp³-hybridized carbons (Fsp3) is 0.188. The van der Waals surface area contributed by atoms with E-state index in [1.165, 1.54) is 6.92 Å². The second kappa shape index (κ2) is 4.56. The molecule has 0 aliphatic carbocycles. The Kier molecular flexibility index (Phi) is 2.86. The molecule has 0 atom stereocenters. The van der Waals surface area contributed by atoms with E-state index in [-0.39, 0.29) is 5.97 Å². The minimum atomic E-state index is -0.374. The van der Waals surface area contributed by atoms with Gasteiger partial charge in [-0.25, -0.2) is 4.98 Å². The summed E-state index contributed by atoms with van der Waals surface area (Å²) in [6.45, 7) is 5.38. The number of aryl methyl sites for hydroxylation is 2. The molecule has 0 spiro atoms. The van der Waals surface area contributed by atoms with Gasteiger partial charge in [0.25, 0.3) is 0 Å². The lowest BCUT2D eigenvalue weighted by Gasteiger charge is -2.09. The molecule has 0 fully saturated rings. The van der Waals surface area contributed by atoms with E-state index in [1.54, 1.807) is 12.3 Å². The third-order valence-corrected chi connectivity index (χ3v) is 3.34. The van der Waals surface area contributed by atoms with Crippen molar-refractivity contribution in [3.05, 3.63) is 41.6 Å². The number of fused-ring (bicyclic) bond motifs is 3. The highest BCUT2D eigenvalue weighted by Gasteiger charge is 2.10. The number of aromatic nitrogens is 2. The van der Waals surface area contributed by atoms with Gasteiger partial charge in [-0.05, 0) is 31.0 Å². The van der Waals surface area contributed by atoms with Gasteiger partial charge >= 0.3 is 5.97 Å². The monoisotopic (exact) mass is 266 g/mol. The van der Waals surface area contributed by atoms with E-state index in [1.807, 2.05) is 26.0 Å². The predicted octanol–water partition coefficient (Wildman–Crippen LogP) is 3.33. The molecule has 0 saturated carbocycles. The summed E-state index contributed by atoms with van der Waals surface area (Å²) in [7, 11) is 0. The lowest BCUT2D eigenvalue weighted by atomic mass is 10.0. The van der Waals surface area contributed by atoms with E-state index >= 15 is 0 Å². The van der Waals surface area contributed by atoms with Crippen molar-refractivity contribution >= 4 is 27.8 Å². The molecule has 0 aliphatic rings. The Balaban J connectivity index is 2.39. The zero-order valence-electron chi connectivity index (χ0n) is 11.6. The molecule has 0 radical (unpaired) electrons. The maximum atomic E-state index is 11.1. The number of nitrogens with zero attached hydrogens (tertiary/aromatic N) is 2. The van der Waals surface area contributed by atoms with Crippen LogP contribution in [-0.2, 0) is 4.79 Å². The number of rotatable bonds is 1. The molecule has 0 saturated heterocycles. The molecule has 3 aromatic rings. The quantitative estimate of drug-likeness (QED) is 0.501. The van der Waals surface area contributed by atoms with Crippen LogP contribution in [0.5, 0.6) is 5.88 Å². The fourth-order valence-electron chi connectivity index (χ4n) is 2.38. The lowest BCUT2D eigenvalue weighted by molar-refractivity contribution is -0.132. The summed E-state index contributed by atoms with van der Waals surface area (Å²) in [6, 6.07) is 7.83. The van der Waals surface area contributed by atoms with Gasteiger partial charge in [-0.3, -0.25) is 9.78 Å². The van der Waals surface area contributed by atoms with Gasteiger partial charge < -0.3 is 4.74 Å². The van der Waals surface area contributed by atoms with Crippen LogP contribution in [0.3, 0.4) is 0 Å². The molecule has 0 N–H and O–H groups in total. The van der Waals surface area contributed by atoms with Gasteiger partial charge in [0.2, 0.25) is 5.88 Å². The summed E-state index contributed by atoms with van der Waals surface area (Å²) < 4.78 is 5.10. The van der Waals surface area contributed by atoms with Crippen LogP contribution in [0.15, 0.2) is 30.5 Å². The molecule has 2 aromatic heterocycles. The summed E-state index contributed by atoms with van der Waals surface area (Å²) in [5.41, 5.74) is 3.76. The van der Waals surface area contributed by atoms with E-state index < -0.39 is 0 Å². The third kappa shape index (κ3) is 1.99. The molecule has 4 nitrogen and oxygen atoms in total. The molecule has 0 bridgehead atoms. The molecule has 2 heterocycles. The van der Waals surface area contributed by atoms with Crippen molar-refractivity contribution in [3.63, 3.8) is 0 Å². The minimum absolute atomic E-state index is 0.318. The number of carbonyl (C=O) groups is 1. The van der Waals surface area contributed by atoms with Crippen molar-refractivity contribution in [3.8, 4) is 5.88 Å². The Morgan fingerprint density at radius 3 is 2.45 bits per heavy atom. The van der Waals surface area contributed by atoms with Crippen LogP contribution in [0.2, 0.25) is 0 Å². The molecule has 0 amide bonds. The second-order valence-electron chi connectivity index (χ2n) is 4.86. The van der Waals surface area contributed by atoms with E-state index in [4.69, 9.17) is 4.74 Å². The summed E-state index contributed by atoms with van der Waals surface area (Å²) in [4.78, 5) is 20.0. The van der Waals surface area contributed by atoms with Crippen molar-refractivity contribution < 1.29 is 9.53 Å². The minimum Gasteiger partial charge on any atom is -0.408 e. The van der Waals surface area contributed by atoms with Gasteiger partial charge in [0.1, 0.15) is 5.52 Å². The highest BCUT2D eigenvalue weighted by molar-refractivity contribution is 6.05. The first kappa shape index (κ1) is 12.5. The molecule has 0 aliphatic heterocycles. The number of esters is 1. The van der Waals surface area contributed by atoms with Gasteiger partial charge in [-0.1, -0.05) is 12.1 Å². The Hall–Kier alpha value is -2.49. The number of pyridine rings is 2. The van der Waals surface area contributed by atoms with E-state index in [2.05, 4.69) is 16.0 Å². The number of hydrogen-bond acceptors (Lipinski definition) is 4. The topological polar surface area (TPSA) is 52.1 Å². The zero-order valence-corrected chi connectivity index (χ0v) is 11.6. The van der Waals surface area contributed by atoms with Gasteiger partial charge in [-0.2, -0.15) is 0 Å². The first-order chi connectivity index (χ1) is 9.56. The van der Waals surface area contributed by atoms with Crippen LogP contribution in [0.25, 0.3) is 21.8 Å². The van der Waals surface area contributed by atoms with E-state index in [9.17, 15) is 4.79 Å². The number of ether oxygens (including phenoxy) is 1. The van der Waals surface area contributed by atoms with Gasteiger partial charge in [0.15, 0.2) is 0 Å². The summed E-state index contributed by atoms with van der Waals surface area (Å²) in [6.07, 6.45) is 1.77. The summed E-state index contributed by atoms with van der Waals surface area (Å²) in [5, 5.41) is 2.08. The van der Waals surface area contributed by atoms with Crippen molar-refractivity contribution in [1.82, 2.24) is 9.97 Å². The van der Waals surface area contributed by atoms with Crippen LogP contribution in [0.1, 0.15) is 18.1 Å². The first-order valence-electron chi connectivity index (χ1n) is 6.40. The zero-order chi connectivity index (χ0) is 14.3. The van der Waals surface area contributed by atoms with Crippen LogP contribution >= 0.6 is 0 Å². The van der Waals surface area contributed by atoms with Crippen molar-refractivity contribution in [1.29, 1.82) is 0 Å². The van der Waals surface area contributed by atoms with Crippen LogP contribution in [0.4, 0.5) is 0 Å². The van der Waals surface area contributed by atoms with Crippen molar-refractivity contribution in [2.45, 2.75) is 20.8 Å². The Morgan fingerprint density at radius 2 is 1.75 bits per heavy atom. The smallest absolute Gasteiger partial charge is 0.309 e. The van der Waals surface area contributed by atoms with Crippen molar-refractivity contribution in [2.75, 3.05) is 0 Å². The molecule has 0 unspecified atom stereocenters. The van der Waals surface area contributed by atoms with E-state index in [0.717, 1.165) is 32.9 Å². The van der Waals surface area contributed by atoms with Gasteiger partial charge in [-0.15, -0.1) is 0 Å². The van der Waals surface area contributed by atoms with E-state index in [0.29, 0.717) is 5.88 Å². The van der Waals surface area contributed by atoms with Gasteiger partial charge in [0, 0.05) is 30.0 Å². The normalized spacial score (nSPS) is 10.9. The van der Waals surface area contributed by atoms with Crippen molar-refractivity contribution in [2.24, 2.45) is 0 Å². The SMILES string of the molecule is CC(=O)Oc1cc(C)c2ccc3c(C)ccnc3c2n1. The maximum absolute atomic E-state index is 11.1.